The van der Waals surface area contributed by atoms with Crippen LogP contribution in [0.1, 0.15) is 52.8 Å². The topological polar surface area (TPSA) is 71.4 Å². The van der Waals surface area contributed by atoms with E-state index in [0.29, 0.717) is 16.5 Å². The van der Waals surface area contributed by atoms with E-state index in [0.717, 1.165) is 28.3 Å². The Hall–Kier alpha value is -4.17. The highest BCUT2D eigenvalue weighted by Gasteiger charge is 2.42. The molecule has 8 heteroatoms. The predicted octanol–water partition coefficient (Wildman–Crippen LogP) is 6.25. The lowest BCUT2D eigenvalue weighted by molar-refractivity contribution is -0.114. The molecule has 0 spiro atoms. The van der Waals surface area contributed by atoms with Gasteiger partial charge in [-0.15, -0.1) is 0 Å². The Balaban J connectivity index is 1.70. The van der Waals surface area contributed by atoms with Gasteiger partial charge in [-0.2, -0.15) is 0 Å². The van der Waals surface area contributed by atoms with Crippen molar-refractivity contribution in [3.63, 3.8) is 0 Å². The zero-order chi connectivity index (χ0) is 27.8. The monoisotopic (exact) mass is 539 g/mol. The van der Waals surface area contributed by atoms with E-state index in [2.05, 4.69) is 72.1 Å². The van der Waals surface area contributed by atoms with Gasteiger partial charge in [0.25, 0.3) is 0 Å². The van der Waals surface area contributed by atoms with Crippen molar-refractivity contribution in [2.75, 3.05) is 17.3 Å². The van der Waals surface area contributed by atoms with E-state index in [1.807, 2.05) is 36.4 Å². The lowest BCUT2D eigenvalue weighted by Gasteiger charge is -2.29. The second-order valence-corrected chi connectivity index (χ2v) is 10.3. The molecule has 0 saturated carbocycles. The lowest BCUT2D eigenvalue weighted by Crippen LogP contribution is -2.29. The number of amides is 1. The number of anilines is 2. The molecule has 2 aromatic carbocycles. The molecule has 7 nitrogen and oxygen atoms in total. The predicted molar refractivity (Wildman–Crippen MR) is 160 cm³/mol. The van der Waals surface area contributed by atoms with Gasteiger partial charge in [-0.1, -0.05) is 18.2 Å². The number of methoxy groups -OCH3 is 1. The first-order chi connectivity index (χ1) is 18.7. The third-order valence-corrected chi connectivity index (χ3v) is 7.79. The number of ether oxygens (including phenoxy) is 1. The number of carbonyl (C=O) groups is 1. The smallest absolute Gasteiger partial charge is 0.221 e. The Morgan fingerprint density at radius 1 is 1.05 bits per heavy atom. The highest BCUT2D eigenvalue weighted by molar-refractivity contribution is 7.80. The van der Waals surface area contributed by atoms with E-state index >= 15 is 0 Å². The molecule has 3 heterocycles. The molecule has 200 valence electrons. The molecule has 2 N–H and O–H groups in total. The number of nitrogens with one attached hydrogen (secondary N) is 2. The van der Waals surface area contributed by atoms with Gasteiger partial charge in [0.2, 0.25) is 5.91 Å². The van der Waals surface area contributed by atoms with E-state index < -0.39 is 0 Å². The summed E-state index contributed by atoms with van der Waals surface area (Å²) in [6, 6.07) is 20.0. The summed E-state index contributed by atoms with van der Waals surface area (Å²) in [4.78, 5) is 18.8. The highest BCUT2D eigenvalue weighted by atomic mass is 32.1. The first-order valence-electron chi connectivity index (χ1n) is 12.9. The molecule has 0 bridgehead atoms. The van der Waals surface area contributed by atoms with E-state index in [9.17, 15) is 4.79 Å². The van der Waals surface area contributed by atoms with Gasteiger partial charge in [-0.05, 0) is 99.1 Å². The minimum atomic E-state index is -0.184. The molecule has 0 radical (unpaired) electrons. The SMILES string of the molecule is COc1ccc(N2C(=S)N[C@H](c3ccccn3)[C@@H]2c2cc(C)n(-c3cccc(C)c3C)c2C)cc1NC(C)=O. The maximum Gasteiger partial charge on any atom is 0.221 e. The summed E-state index contributed by atoms with van der Waals surface area (Å²) in [7, 11) is 1.59. The molecule has 0 unspecified atom stereocenters. The van der Waals surface area contributed by atoms with E-state index in [-0.39, 0.29) is 18.0 Å². The maximum absolute atomic E-state index is 11.9. The average molecular weight is 540 g/mol. The minimum absolute atomic E-state index is 0.174. The second kappa shape index (κ2) is 10.5. The van der Waals surface area contributed by atoms with E-state index in [1.54, 1.807) is 13.3 Å². The van der Waals surface area contributed by atoms with Crippen LogP contribution in [0.25, 0.3) is 5.69 Å². The summed E-state index contributed by atoms with van der Waals surface area (Å²) in [5.41, 5.74) is 9.43. The van der Waals surface area contributed by atoms with Crippen LogP contribution in [0.4, 0.5) is 11.4 Å². The van der Waals surface area contributed by atoms with Crippen LogP contribution in [-0.2, 0) is 4.79 Å². The Bertz CT molecular complexity index is 1560. The molecule has 1 fully saturated rings. The molecule has 1 amide bonds. The van der Waals surface area contributed by atoms with E-state index in [4.69, 9.17) is 21.9 Å². The molecule has 0 aliphatic carbocycles. The van der Waals surface area contributed by atoms with Gasteiger partial charge < -0.3 is 24.8 Å². The summed E-state index contributed by atoms with van der Waals surface area (Å²) in [5.74, 6) is 0.408. The van der Waals surface area contributed by atoms with Gasteiger partial charge in [0.05, 0.1) is 30.6 Å². The molecule has 2 aromatic heterocycles. The summed E-state index contributed by atoms with van der Waals surface area (Å²) < 4.78 is 7.83. The second-order valence-electron chi connectivity index (χ2n) is 9.94. The molecular formula is C31H33N5O2S. The zero-order valence-corrected chi connectivity index (χ0v) is 23.9. The minimum Gasteiger partial charge on any atom is -0.495 e. The number of thiocarbonyl (C=S) groups is 1. The van der Waals surface area contributed by atoms with Crippen LogP contribution in [0, 0.1) is 27.7 Å². The number of aryl methyl sites for hydroxylation is 2. The van der Waals surface area contributed by atoms with Crippen molar-refractivity contribution in [2.45, 2.75) is 46.7 Å². The van der Waals surface area contributed by atoms with Crippen molar-refractivity contribution >= 4 is 34.6 Å². The molecular weight excluding hydrogens is 506 g/mol. The fourth-order valence-electron chi connectivity index (χ4n) is 5.52. The van der Waals surface area contributed by atoms with Crippen LogP contribution in [0.5, 0.6) is 5.75 Å². The largest absolute Gasteiger partial charge is 0.495 e. The molecule has 4 aromatic rings. The maximum atomic E-state index is 11.9. The Kier molecular flexibility index (Phi) is 7.14. The number of hydrogen-bond donors (Lipinski definition) is 2. The molecule has 1 aliphatic heterocycles. The van der Waals surface area contributed by atoms with Gasteiger partial charge in [0.15, 0.2) is 5.11 Å². The van der Waals surface area contributed by atoms with Gasteiger partial charge in [0, 0.05) is 35.9 Å². The van der Waals surface area contributed by atoms with Crippen LogP contribution >= 0.6 is 12.2 Å². The Morgan fingerprint density at radius 3 is 2.54 bits per heavy atom. The summed E-state index contributed by atoms with van der Waals surface area (Å²) >= 11 is 5.94. The van der Waals surface area contributed by atoms with Crippen molar-refractivity contribution in [3.05, 3.63) is 101 Å². The summed E-state index contributed by atoms with van der Waals surface area (Å²) in [6.07, 6.45) is 1.81. The molecule has 1 aliphatic rings. The first kappa shape index (κ1) is 26.4. The third-order valence-electron chi connectivity index (χ3n) is 7.48. The van der Waals surface area contributed by atoms with Crippen LogP contribution < -0.4 is 20.3 Å². The molecule has 2 atom stereocenters. The van der Waals surface area contributed by atoms with Crippen molar-refractivity contribution < 1.29 is 9.53 Å². The van der Waals surface area contributed by atoms with Gasteiger partial charge in [-0.25, -0.2) is 0 Å². The highest BCUT2D eigenvalue weighted by Crippen LogP contribution is 2.45. The van der Waals surface area contributed by atoms with Crippen LogP contribution in [0.2, 0.25) is 0 Å². The van der Waals surface area contributed by atoms with Crippen molar-refractivity contribution in [2.24, 2.45) is 0 Å². The number of hydrogen-bond acceptors (Lipinski definition) is 4. The normalized spacial score (nSPS) is 16.8. The summed E-state index contributed by atoms with van der Waals surface area (Å²) in [5, 5.41) is 7.02. The number of rotatable bonds is 6. The standard InChI is InChI=1S/C31H33N5O2S/c1-18-10-9-12-27(20(18)3)35-19(2)16-24(21(35)4)30-29(25-11-7-8-15-32-25)34-31(39)36(30)23-13-14-28(38-6)26(17-23)33-22(5)37/h7-17,29-30H,1-6H3,(H,33,37)(H,34,39)/t29-,30+/m1/s1. The number of aromatic nitrogens is 2. The lowest BCUT2D eigenvalue weighted by atomic mass is 9.96. The van der Waals surface area contributed by atoms with Crippen molar-refractivity contribution in [1.29, 1.82) is 0 Å². The van der Waals surface area contributed by atoms with Gasteiger partial charge >= 0.3 is 0 Å². The zero-order valence-electron chi connectivity index (χ0n) is 23.1. The molecule has 1 saturated heterocycles. The molecule has 5 rings (SSSR count). The van der Waals surface area contributed by atoms with Crippen molar-refractivity contribution in [1.82, 2.24) is 14.9 Å². The fourth-order valence-corrected chi connectivity index (χ4v) is 5.86. The van der Waals surface area contributed by atoms with Gasteiger partial charge in [-0.3, -0.25) is 9.78 Å². The van der Waals surface area contributed by atoms with Crippen molar-refractivity contribution in [3.8, 4) is 11.4 Å². The van der Waals surface area contributed by atoms with Crippen LogP contribution in [0.15, 0.2) is 66.9 Å². The number of benzene rings is 2. The fraction of sp³-hybridized carbons (Fsp3) is 0.258. The quantitative estimate of drug-likeness (QED) is 0.282. The third kappa shape index (κ3) is 4.76. The van der Waals surface area contributed by atoms with Gasteiger partial charge in [0.1, 0.15) is 5.75 Å². The first-order valence-corrected chi connectivity index (χ1v) is 13.3. The number of carbonyl (C=O) groups excluding carboxylic acids is 1. The van der Waals surface area contributed by atoms with Crippen LogP contribution in [-0.4, -0.2) is 27.7 Å². The Morgan fingerprint density at radius 2 is 1.85 bits per heavy atom. The molecule has 39 heavy (non-hydrogen) atoms. The number of pyridine rings is 1. The Labute approximate surface area is 234 Å². The summed E-state index contributed by atoms with van der Waals surface area (Å²) in [6.45, 7) is 10.1. The number of nitrogens with zero attached hydrogens (tertiary/aromatic N) is 3. The van der Waals surface area contributed by atoms with Crippen LogP contribution in [0.3, 0.4) is 0 Å². The van der Waals surface area contributed by atoms with E-state index in [1.165, 1.54) is 23.7 Å². The average Bonchev–Trinajstić information content (AvgIpc) is 3.41.